The van der Waals surface area contributed by atoms with E-state index in [1.54, 1.807) is 19.1 Å². The van der Waals surface area contributed by atoms with E-state index in [0.717, 1.165) is 5.56 Å². The Labute approximate surface area is 122 Å². The van der Waals surface area contributed by atoms with Gasteiger partial charge in [0, 0.05) is 12.2 Å². The topological polar surface area (TPSA) is 113 Å². The number of aliphatic carboxylic acids is 1. The van der Waals surface area contributed by atoms with Gasteiger partial charge in [0.1, 0.15) is 6.04 Å². The summed E-state index contributed by atoms with van der Waals surface area (Å²) in [4.78, 5) is 35.4. The Balaban J connectivity index is 2.85. The van der Waals surface area contributed by atoms with Crippen molar-refractivity contribution in [1.82, 2.24) is 5.32 Å². The Morgan fingerprint density at radius 2 is 1.86 bits per heavy atom. The van der Waals surface area contributed by atoms with Crippen LogP contribution in [0.1, 0.15) is 18.9 Å². The van der Waals surface area contributed by atoms with Gasteiger partial charge in [-0.25, -0.2) is 9.59 Å². The number of carboxylic acids is 1. The van der Waals surface area contributed by atoms with Crippen LogP contribution in [0.5, 0.6) is 0 Å². The lowest BCUT2D eigenvalue weighted by atomic mass is 10.2. The van der Waals surface area contributed by atoms with Crippen molar-refractivity contribution >= 4 is 23.6 Å². The summed E-state index contributed by atoms with van der Waals surface area (Å²) in [6.45, 7) is 4.05. The summed E-state index contributed by atoms with van der Waals surface area (Å²) in [5.41, 5.74) is 6.67. The molecule has 0 aliphatic rings. The van der Waals surface area contributed by atoms with Crippen LogP contribution in [0.15, 0.2) is 24.3 Å². The standard InChI is InChI=1S/C14H19N3O4/c1-3-17(10-6-4-9(2)5-7-10)14(21)16-11(13(19)20)8-12(15)18/h4-7,11H,3,8H2,1-2H3,(H2,15,18)(H,16,21)(H,19,20)/t11-/m0/s1. The number of hydrogen-bond acceptors (Lipinski definition) is 3. The minimum atomic E-state index is -1.34. The number of carbonyl (C=O) groups excluding carboxylic acids is 2. The molecule has 0 aliphatic carbocycles. The Morgan fingerprint density at radius 3 is 2.29 bits per heavy atom. The summed E-state index contributed by atoms with van der Waals surface area (Å²) in [6.07, 6.45) is -0.452. The van der Waals surface area contributed by atoms with Crippen molar-refractivity contribution in [3.05, 3.63) is 29.8 Å². The monoisotopic (exact) mass is 293 g/mol. The Bertz CT molecular complexity index is 528. The van der Waals surface area contributed by atoms with Crippen molar-refractivity contribution in [3.63, 3.8) is 0 Å². The van der Waals surface area contributed by atoms with Gasteiger partial charge in [-0.2, -0.15) is 0 Å². The molecule has 1 aromatic carbocycles. The second kappa shape index (κ2) is 7.28. The molecule has 3 amide bonds. The maximum Gasteiger partial charge on any atom is 0.326 e. The zero-order valence-corrected chi connectivity index (χ0v) is 12.0. The molecule has 0 bridgehead atoms. The normalized spacial score (nSPS) is 11.5. The maximum atomic E-state index is 12.2. The van der Waals surface area contributed by atoms with Gasteiger partial charge in [0.15, 0.2) is 0 Å². The van der Waals surface area contributed by atoms with Gasteiger partial charge in [0.2, 0.25) is 5.91 Å². The number of nitrogens with zero attached hydrogens (tertiary/aromatic N) is 1. The summed E-state index contributed by atoms with van der Waals surface area (Å²) < 4.78 is 0. The van der Waals surface area contributed by atoms with Crippen molar-refractivity contribution in [2.24, 2.45) is 5.73 Å². The van der Waals surface area contributed by atoms with E-state index in [1.165, 1.54) is 4.90 Å². The fourth-order valence-electron chi connectivity index (χ4n) is 1.80. The average molecular weight is 293 g/mol. The molecule has 4 N–H and O–H groups in total. The number of aryl methyl sites for hydroxylation is 1. The average Bonchev–Trinajstić information content (AvgIpc) is 2.40. The molecule has 0 saturated heterocycles. The van der Waals surface area contributed by atoms with Gasteiger partial charge in [0.05, 0.1) is 6.42 Å². The first kappa shape index (κ1) is 16.5. The molecule has 114 valence electrons. The summed E-state index contributed by atoms with van der Waals surface area (Å²) >= 11 is 0. The number of rotatable bonds is 6. The number of nitrogens with one attached hydrogen (secondary N) is 1. The van der Waals surface area contributed by atoms with Crippen LogP contribution in [0.3, 0.4) is 0 Å². The molecular formula is C14H19N3O4. The maximum absolute atomic E-state index is 12.2. The molecule has 0 aromatic heterocycles. The number of nitrogens with two attached hydrogens (primary N) is 1. The highest BCUT2D eigenvalue weighted by Crippen LogP contribution is 2.15. The predicted molar refractivity (Wildman–Crippen MR) is 78.0 cm³/mol. The van der Waals surface area contributed by atoms with Crippen LogP contribution in [0.4, 0.5) is 10.5 Å². The highest BCUT2D eigenvalue weighted by atomic mass is 16.4. The van der Waals surface area contributed by atoms with Gasteiger partial charge < -0.3 is 16.2 Å². The van der Waals surface area contributed by atoms with Crippen molar-refractivity contribution in [2.75, 3.05) is 11.4 Å². The number of carboxylic acid groups (broad SMARTS) is 1. The summed E-state index contributed by atoms with van der Waals surface area (Å²) in [5.74, 6) is -2.09. The van der Waals surface area contributed by atoms with Gasteiger partial charge >= 0.3 is 12.0 Å². The van der Waals surface area contributed by atoms with Crippen molar-refractivity contribution in [2.45, 2.75) is 26.3 Å². The second-order valence-corrected chi connectivity index (χ2v) is 4.59. The van der Waals surface area contributed by atoms with E-state index in [9.17, 15) is 14.4 Å². The molecule has 1 aromatic rings. The van der Waals surface area contributed by atoms with Gasteiger partial charge in [-0.1, -0.05) is 17.7 Å². The molecule has 21 heavy (non-hydrogen) atoms. The van der Waals surface area contributed by atoms with Gasteiger partial charge in [-0.3, -0.25) is 9.69 Å². The van der Waals surface area contributed by atoms with Gasteiger partial charge in [-0.05, 0) is 26.0 Å². The first-order valence-corrected chi connectivity index (χ1v) is 6.51. The number of urea groups is 1. The molecule has 0 radical (unpaired) electrons. The van der Waals surface area contributed by atoms with E-state index in [0.29, 0.717) is 12.2 Å². The molecule has 7 heteroatoms. The van der Waals surface area contributed by atoms with E-state index < -0.39 is 30.4 Å². The fourth-order valence-corrected chi connectivity index (χ4v) is 1.80. The van der Waals surface area contributed by atoms with Crippen LogP contribution in [0.25, 0.3) is 0 Å². The van der Waals surface area contributed by atoms with Crippen LogP contribution in [0, 0.1) is 6.92 Å². The number of amides is 3. The van der Waals surface area contributed by atoms with Crippen LogP contribution in [0.2, 0.25) is 0 Å². The summed E-state index contributed by atoms with van der Waals surface area (Å²) in [5, 5.41) is 11.3. The molecule has 0 spiro atoms. The molecule has 0 fully saturated rings. The minimum Gasteiger partial charge on any atom is -0.480 e. The van der Waals surface area contributed by atoms with E-state index >= 15 is 0 Å². The lowest BCUT2D eigenvalue weighted by Crippen LogP contribution is -2.49. The van der Waals surface area contributed by atoms with Crippen LogP contribution in [-0.2, 0) is 9.59 Å². The smallest absolute Gasteiger partial charge is 0.326 e. The number of primary amides is 1. The van der Waals surface area contributed by atoms with E-state index in [4.69, 9.17) is 10.8 Å². The predicted octanol–water partition coefficient (Wildman–Crippen LogP) is 0.860. The van der Waals surface area contributed by atoms with Crippen LogP contribution >= 0.6 is 0 Å². The third kappa shape index (κ3) is 4.79. The molecule has 0 unspecified atom stereocenters. The quantitative estimate of drug-likeness (QED) is 0.722. The third-order valence-electron chi connectivity index (χ3n) is 2.91. The molecule has 1 rings (SSSR count). The van der Waals surface area contributed by atoms with Crippen molar-refractivity contribution < 1.29 is 19.5 Å². The second-order valence-electron chi connectivity index (χ2n) is 4.59. The lowest BCUT2D eigenvalue weighted by Gasteiger charge is -2.23. The molecule has 7 nitrogen and oxygen atoms in total. The fraction of sp³-hybridized carbons (Fsp3) is 0.357. The third-order valence-corrected chi connectivity index (χ3v) is 2.91. The number of benzene rings is 1. The molecule has 1 atom stereocenters. The number of carbonyl (C=O) groups is 3. The highest BCUT2D eigenvalue weighted by Gasteiger charge is 2.24. The van der Waals surface area contributed by atoms with Crippen molar-refractivity contribution in [3.8, 4) is 0 Å². The zero-order chi connectivity index (χ0) is 16.0. The van der Waals surface area contributed by atoms with Crippen molar-refractivity contribution in [1.29, 1.82) is 0 Å². The van der Waals surface area contributed by atoms with Crippen LogP contribution in [-0.4, -0.2) is 35.6 Å². The Morgan fingerprint density at radius 1 is 1.29 bits per heavy atom. The van der Waals surface area contributed by atoms with Gasteiger partial charge in [0.25, 0.3) is 0 Å². The molecule has 0 heterocycles. The number of hydrogen-bond donors (Lipinski definition) is 3. The van der Waals surface area contributed by atoms with Crippen LogP contribution < -0.4 is 16.0 Å². The van der Waals surface area contributed by atoms with Gasteiger partial charge in [-0.15, -0.1) is 0 Å². The lowest BCUT2D eigenvalue weighted by molar-refractivity contribution is -0.140. The minimum absolute atomic E-state index is 0.359. The summed E-state index contributed by atoms with van der Waals surface area (Å²) in [7, 11) is 0. The Kier molecular flexibility index (Phi) is 5.71. The zero-order valence-electron chi connectivity index (χ0n) is 12.0. The largest absolute Gasteiger partial charge is 0.480 e. The SMILES string of the molecule is CCN(C(=O)N[C@@H](CC(N)=O)C(=O)O)c1ccc(C)cc1. The number of anilines is 1. The summed E-state index contributed by atoms with van der Waals surface area (Å²) in [6, 6.07) is 5.31. The van der Waals surface area contributed by atoms with E-state index in [1.807, 2.05) is 19.1 Å². The van der Waals surface area contributed by atoms with E-state index in [2.05, 4.69) is 5.32 Å². The molecular weight excluding hydrogens is 274 g/mol. The first-order valence-electron chi connectivity index (χ1n) is 6.51. The van der Waals surface area contributed by atoms with E-state index in [-0.39, 0.29) is 0 Å². The Hall–Kier alpha value is -2.57. The molecule has 0 aliphatic heterocycles. The highest BCUT2D eigenvalue weighted by molar-refractivity contribution is 5.95. The first-order chi connectivity index (χ1) is 9.85. The molecule has 0 saturated carbocycles.